The normalized spacial score (nSPS) is 21.9. The third kappa shape index (κ3) is 4.98. The van der Waals surface area contributed by atoms with E-state index in [1.54, 1.807) is 0 Å². The highest BCUT2D eigenvalue weighted by Gasteiger charge is 2.32. The van der Waals surface area contributed by atoms with Crippen LogP contribution in [0.2, 0.25) is 0 Å². The lowest BCUT2D eigenvalue weighted by Crippen LogP contribution is -2.57. The van der Waals surface area contributed by atoms with Gasteiger partial charge in [0.2, 0.25) is 11.8 Å². The number of halogens is 1. The molecule has 0 spiro atoms. The molecule has 2 amide bonds. The Labute approximate surface area is 162 Å². The van der Waals surface area contributed by atoms with E-state index in [9.17, 15) is 9.59 Å². The number of rotatable bonds is 5. The molecule has 5 nitrogen and oxygen atoms in total. The van der Waals surface area contributed by atoms with Gasteiger partial charge in [0.1, 0.15) is 0 Å². The van der Waals surface area contributed by atoms with Crippen molar-refractivity contribution in [3.05, 3.63) is 35.9 Å². The number of piperazine rings is 1. The largest absolute Gasteiger partial charge is 0.341 e. The van der Waals surface area contributed by atoms with Crippen LogP contribution in [-0.2, 0) is 9.59 Å². The van der Waals surface area contributed by atoms with E-state index >= 15 is 0 Å². The SMILES string of the molecule is CCC(CC(=O)N1CCCC(N2CCNCC2=O)C1)c1ccccc1.Cl. The van der Waals surface area contributed by atoms with E-state index in [-0.39, 0.29) is 36.2 Å². The molecule has 2 aliphatic rings. The Bertz CT molecular complexity index is 596. The summed E-state index contributed by atoms with van der Waals surface area (Å²) in [6, 6.07) is 10.5. The van der Waals surface area contributed by atoms with Gasteiger partial charge in [-0.3, -0.25) is 9.59 Å². The van der Waals surface area contributed by atoms with Gasteiger partial charge in [0.25, 0.3) is 0 Å². The van der Waals surface area contributed by atoms with Gasteiger partial charge < -0.3 is 15.1 Å². The topological polar surface area (TPSA) is 52.7 Å². The Morgan fingerprint density at radius 1 is 1.27 bits per heavy atom. The van der Waals surface area contributed by atoms with Gasteiger partial charge in [-0.1, -0.05) is 37.3 Å². The molecule has 26 heavy (non-hydrogen) atoms. The first-order valence-corrected chi connectivity index (χ1v) is 9.52. The number of carbonyl (C=O) groups excluding carboxylic acids is 2. The van der Waals surface area contributed by atoms with Gasteiger partial charge in [0, 0.05) is 38.6 Å². The summed E-state index contributed by atoms with van der Waals surface area (Å²) in [4.78, 5) is 29.0. The van der Waals surface area contributed by atoms with Crippen molar-refractivity contribution in [1.82, 2.24) is 15.1 Å². The fourth-order valence-electron chi connectivity index (χ4n) is 4.01. The summed E-state index contributed by atoms with van der Waals surface area (Å²) in [6.07, 6.45) is 3.51. The van der Waals surface area contributed by atoms with E-state index in [2.05, 4.69) is 24.4 Å². The van der Waals surface area contributed by atoms with Crippen LogP contribution in [0.25, 0.3) is 0 Å². The van der Waals surface area contributed by atoms with Gasteiger partial charge in [0.05, 0.1) is 6.54 Å². The summed E-state index contributed by atoms with van der Waals surface area (Å²) in [7, 11) is 0. The Morgan fingerprint density at radius 2 is 2.04 bits per heavy atom. The minimum absolute atomic E-state index is 0. The van der Waals surface area contributed by atoms with Gasteiger partial charge in [-0.15, -0.1) is 12.4 Å². The highest BCUT2D eigenvalue weighted by atomic mass is 35.5. The first-order valence-electron chi connectivity index (χ1n) is 9.52. The number of piperidine rings is 1. The Balaban J connectivity index is 0.00000243. The molecular weight excluding hydrogens is 350 g/mol. The van der Waals surface area contributed by atoms with Crippen molar-refractivity contribution >= 4 is 24.2 Å². The quantitative estimate of drug-likeness (QED) is 0.854. The summed E-state index contributed by atoms with van der Waals surface area (Å²) in [5, 5.41) is 3.12. The van der Waals surface area contributed by atoms with Crippen molar-refractivity contribution in [2.45, 2.75) is 44.6 Å². The first-order chi connectivity index (χ1) is 12.2. The highest BCUT2D eigenvalue weighted by molar-refractivity contribution is 5.85. The number of amides is 2. The van der Waals surface area contributed by atoms with Gasteiger partial charge in [0.15, 0.2) is 0 Å². The van der Waals surface area contributed by atoms with Crippen LogP contribution in [0.5, 0.6) is 0 Å². The van der Waals surface area contributed by atoms with Crippen LogP contribution in [-0.4, -0.2) is 60.4 Å². The molecule has 1 aromatic rings. The van der Waals surface area contributed by atoms with Gasteiger partial charge in [-0.05, 0) is 30.7 Å². The predicted octanol–water partition coefficient (Wildman–Crippen LogP) is 2.41. The number of benzene rings is 1. The zero-order valence-electron chi connectivity index (χ0n) is 15.5. The smallest absolute Gasteiger partial charge is 0.236 e. The summed E-state index contributed by atoms with van der Waals surface area (Å²) >= 11 is 0. The van der Waals surface area contributed by atoms with Crippen molar-refractivity contribution in [1.29, 1.82) is 0 Å². The molecule has 2 heterocycles. The molecule has 0 bridgehead atoms. The predicted molar refractivity (Wildman–Crippen MR) is 106 cm³/mol. The minimum Gasteiger partial charge on any atom is -0.341 e. The van der Waals surface area contributed by atoms with Gasteiger partial charge >= 0.3 is 0 Å². The summed E-state index contributed by atoms with van der Waals surface area (Å²) in [6.45, 7) is 5.69. The molecule has 1 aromatic carbocycles. The average Bonchev–Trinajstić information content (AvgIpc) is 2.67. The lowest BCUT2D eigenvalue weighted by molar-refractivity contribution is -0.140. The van der Waals surface area contributed by atoms with E-state index in [4.69, 9.17) is 0 Å². The van der Waals surface area contributed by atoms with E-state index in [1.165, 1.54) is 5.56 Å². The molecule has 144 valence electrons. The average molecular weight is 380 g/mol. The van der Waals surface area contributed by atoms with Crippen LogP contribution in [0.3, 0.4) is 0 Å². The van der Waals surface area contributed by atoms with Crippen LogP contribution in [0.1, 0.15) is 44.1 Å². The van der Waals surface area contributed by atoms with Crippen LogP contribution in [0.4, 0.5) is 0 Å². The fraction of sp³-hybridized carbons (Fsp3) is 0.600. The van der Waals surface area contributed by atoms with Crippen LogP contribution >= 0.6 is 12.4 Å². The van der Waals surface area contributed by atoms with Crippen molar-refractivity contribution in [3.8, 4) is 0 Å². The fourth-order valence-corrected chi connectivity index (χ4v) is 4.01. The summed E-state index contributed by atoms with van der Waals surface area (Å²) in [5.74, 6) is 0.666. The lowest BCUT2D eigenvalue weighted by atomic mass is 9.92. The molecule has 2 fully saturated rings. The Hall–Kier alpha value is -1.59. The molecule has 1 N–H and O–H groups in total. The van der Waals surface area contributed by atoms with Gasteiger partial charge in [-0.25, -0.2) is 0 Å². The number of nitrogens with one attached hydrogen (secondary N) is 1. The molecule has 0 aliphatic carbocycles. The van der Waals surface area contributed by atoms with Crippen molar-refractivity contribution in [3.63, 3.8) is 0 Å². The number of nitrogens with zero attached hydrogens (tertiary/aromatic N) is 2. The second-order valence-electron chi connectivity index (χ2n) is 7.12. The molecule has 2 unspecified atom stereocenters. The lowest BCUT2D eigenvalue weighted by Gasteiger charge is -2.41. The maximum absolute atomic E-state index is 12.9. The summed E-state index contributed by atoms with van der Waals surface area (Å²) in [5.41, 5.74) is 1.24. The van der Waals surface area contributed by atoms with E-state index < -0.39 is 0 Å². The van der Waals surface area contributed by atoms with E-state index in [1.807, 2.05) is 28.0 Å². The molecule has 0 radical (unpaired) electrons. The monoisotopic (exact) mass is 379 g/mol. The maximum Gasteiger partial charge on any atom is 0.236 e. The maximum atomic E-state index is 12.9. The van der Waals surface area contributed by atoms with Crippen molar-refractivity contribution in [2.75, 3.05) is 32.7 Å². The molecule has 2 saturated heterocycles. The van der Waals surface area contributed by atoms with E-state index in [0.29, 0.717) is 19.5 Å². The van der Waals surface area contributed by atoms with Crippen LogP contribution in [0.15, 0.2) is 30.3 Å². The molecule has 0 aromatic heterocycles. The standard InChI is InChI=1S/C20H29N3O2.ClH/c1-2-16(17-7-4-3-5-8-17)13-19(24)22-11-6-9-18(15-22)23-12-10-21-14-20(23)25;/h3-5,7-8,16,18,21H,2,6,9-15H2,1H3;1H. The highest BCUT2D eigenvalue weighted by Crippen LogP contribution is 2.25. The second kappa shape index (κ2) is 9.93. The van der Waals surface area contributed by atoms with Crippen molar-refractivity contribution in [2.24, 2.45) is 0 Å². The summed E-state index contributed by atoms with van der Waals surface area (Å²) < 4.78 is 0. The molecule has 0 saturated carbocycles. The number of likely N-dealkylation sites (tertiary alicyclic amines) is 1. The van der Waals surface area contributed by atoms with E-state index in [0.717, 1.165) is 38.9 Å². The second-order valence-corrected chi connectivity index (χ2v) is 7.12. The molecule has 6 heteroatoms. The Morgan fingerprint density at radius 3 is 2.73 bits per heavy atom. The first kappa shape index (κ1) is 20.7. The third-order valence-corrected chi connectivity index (χ3v) is 5.50. The van der Waals surface area contributed by atoms with Crippen LogP contribution < -0.4 is 5.32 Å². The zero-order chi connectivity index (χ0) is 17.6. The van der Waals surface area contributed by atoms with Gasteiger partial charge in [-0.2, -0.15) is 0 Å². The Kier molecular flexibility index (Phi) is 7.91. The molecule has 2 atom stereocenters. The zero-order valence-corrected chi connectivity index (χ0v) is 16.3. The van der Waals surface area contributed by atoms with Crippen molar-refractivity contribution < 1.29 is 9.59 Å². The molecule has 2 aliphatic heterocycles. The number of hydrogen-bond donors (Lipinski definition) is 1. The number of carbonyl (C=O) groups is 2. The third-order valence-electron chi connectivity index (χ3n) is 5.50. The number of hydrogen-bond acceptors (Lipinski definition) is 3. The molecular formula is C20H30ClN3O2. The minimum atomic E-state index is 0. The molecule has 3 rings (SSSR count). The van der Waals surface area contributed by atoms with Crippen LogP contribution in [0, 0.1) is 0 Å².